The van der Waals surface area contributed by atoms with Crippen molar-refractivity contribution in [2.45, 2.75) is 19.8 Å². The smallest absolute Gasteiger partial charge is 0.307 e. The molecule has 20 heavy (non-hydrogen) atoms. The number of hydrogen-bond donors (Lipinski definition) is 2. The Hall–Kier alpha value is -1.26. The number of carbonyl (C=O) groups is 2. The number of aliphatic carboxylic acids is 1. The average molecular weight is 316 g/mol. The van der Waals surface area contributed by atoms with Gasteiger partial charge in [-0.1, -0.05) is 30.1 Å². The second kappa shape index (κ2) is 6.02. The van der Waals surface area contributed by atoms with Crippen molar-refractivity contribution in [1.29, 1.82) is 0 Å². The number of anilines is 1. The highest BCUT2D eigenvalue weighted by atomic mass is 35.5. The fourth-order valence-electron chi connectivity index (χ4n) is 2.66. The van der Waals surface area contributed by atoms with Crippen LogP contribution in [0.1, 0.15) is 19.8 Å². The third-order valence-corrected chi connectivity index (χ3v) is 4.38. The lowest BCUT2D eigenvalue weighted by molar-refractivity contribution is -0.145. The number of benzene rings is 1. The molecule has 1 amide bonds. The van der Waals surface area contributed by atoms with Crippen LogP contribution in [0.15, 0.2) is 18.2 Å². The van der Waals surface area contributed by atoms with Gasteiger partial charge in [0, 0.05) is 5.69 Å². The largest absolute Gasteiger partial charge is 0.481 e. The molecular formula is C14H15Cl2NO3. The van der Waals surface area contributed by atoms with Crippen LogP contribution in [-0.2, 0) is 9.59 Å². The molecule has 6 heteroatoms. The van der Waals surface area contributed by atoms with Crippen molar-refractivity contribution in [2.75, 3.05) is 5.32 Å². The molecule has 1 aromatic carbocycles. The van der Waals surface area contributed by atoms with Crippen molar-refractivity contribution in [3.05, 3.63) is 28.2 Å². The summed E-state index contributed by atoms with van der Waals surface area (Å²) in [5.41, 5.74) is 0.521. The molecule has 0 saturated heterocycles. The molecule has 0 spiro atoms. The van der Waals surface area contributed by atoms with Gasteiger partial charge in [-0.05, 0) is 37.0 Å². The van der Waals surface area contributed by atoms with Crippen LogP contribution in [0.4, 0.5) is 5.69 Å². The van der Waals surface area contributed by atoms with Crippen LogP contribution in [0, 0.1) is 17.8 Å². The normalized spacial score (nSPS) is 25.4. The third-order valence-electron chi connectivity index (χ3n) is 3.64. The minimum absolute atomic E-state index is 0.237. The van der Waals surface area contributed by atoms with Gasteiger partial charge in [-0.25, -0.2) is 0 Å². The van der Waals surface area contributed by atoms with Crippen LogP contribution in [0.25, 0.3) is 0 Å². The first kappa shape index (κ1) is 15.1. The van der Waals surface area contributed by atoms with Crippen LogP contribution < -0.4 is 5.32 Å². The molecule has 1 aliphatic carbocycles. The standard InChI is InChI=1S/C14H15Cl2NO3/c1-7-4-9(10(5-7)14(19)20)13(18)17-8-2-3-11(15)12(16)6-8/h2-3,6-7,9-10H,4-5H2,1H3,(H,17,18)(H,19,20). The Morgan fingerprint density at radius 1 is 1.20 bits per heavy atom. The molecule has 2 N–H and O–H groups in total. The number of nitrogens with one attached hydrogen (secondary N) is 1. The maximum atomic E-state index is 12.2. The Labute approximate surface area is 127 Å². The van der Waals surface area contributed by atoms with Crippen molar-refractivity contribution < 1.29 is 14.7 Å². The zero-order chi connectivity index (χ0) is 14.9. The Balaban J connectivity index is 2.11. The van der Waals surface area contributed by atoms with E-state index in [-0.39, 0.29) is 11.8 Å². The zero-order valence-corrected chi connectivity index (χ0v) is 12.4. The minimum Gasteiger partial charge on any atom is -0.481 e. The fourth-order valence-corrected chi connectivity index (χ4v) is 2.96. The summed E-state index contributed by atoms with van der Waals surface area (Å²) < 4.78 is 0. The molecule has 1 fully saturated rings. The first-order chi connectivity index (χ1) is 9.38. The monoisotopic (exact) mass is 315 g/mol. The maximum absolute atomic E-state index is 12.2. The molecule has 0 aromatic heterocycles. The van der Waals surface area contributed by atoms with E-state index in [9.17, 15) is 14.7 Å². The Morgan fingerprint density at radius 3 is 2.45 bits per heavy atom. The van der Waals surface area contributed by atoms with Crippen molar-refractivity contribution >= 4 is 40.8 Å². The molecular weight excluding hydrogens is 301 g/mol. The van der Waals surface area contributed by atoms with Crippen LogP contribution >= 0.6 is 23.2 Å². The number of carboxylic acids is 1. The highest BCUT2D eigenvalue weighted by Crippen LogP contribution is 2.37. The van der Waals surface area contributed by atoms with Gasteiger partial charge in [-0.2, -0.15) is 0 Å². The Morgan fingerprint density at radius 2 is 1.85 bits per heavy atom. The number of carbonyl (C=O) groups excluding carboxylic acids is 1. The summed E-state index contributed by atoms with van der Waals surface area (Å²) in [6, 6.07) is 4.78. The van der Waals surface area contributed by atoms with E-state index >= 15 is 0 Å². The van der Waals surface area contributed by atoms with E-state index in [4.69, 9.17) is 23.2 Å². The first-order valence-electron chi connectivity index (χ1n) is 6.37. The predicted molar refractivity (Wildman–Crippen MR) is 78.1 cm³/mol. The fraction of sp³-hybridized carbons (Fsp3) is 0.429. The second-order valence-corrected chi connectivity index (χ2v) is 6.06. The first-order valence-corrected chi connectivity index (χ1v) is 7.12. The number of carboxylic acid groups (broad SMARTS) is 1. The van der Waals surface area contributed by atoms with E-state index in [1.54, 1.807) is 18.2 Å². The number of rotatable bonds is 3. The predicted octanol–water partition coefficient (Wildman–Crippen LogP) is 3.68. The van der Waals surface area contributed by atoms with E-state index in [2.05, 4.69) is 5.32 Å². The minimum atomic E-state index is -0.913. The summed E-state index contributed by atoms with van der Waals surface area (Å²) in [5.74, 6) is -2.07. The molecule has 0 heterocycles. The molecule has 2 rings (SSSR count). The highest BCUT2D eigenvalue weighted by molar-refractivity contribution is 6.42. The molecule has 0 aliphatic heterocycles. The summed E-state index contributed by atoms with van der Waals surface area (Å²) in [6.07, 6.45) is 1.12. The summed E-state index contributed by atoms with van der Waals surface area (Å²) in [6.45, 7) is 1.96. The van der Waals surface area contributed by atoms with Crippen molar-refractivity contribution in [1.82, 2.24) is 0 Å². The molecule has 3 unspecified atom stereocenters. The third kappa shape index (κ3) is 3.25. The highest BCUT2D eigenvalue weighted by Gasteiger charge is 2.41. The quantitative estimate of drug-likeness (QED) is 0.894. The van der Waals surface area contributed by atoms with E-state index < -0.39 is 17.8 Å². The van der Waals surface area contributed by atoms with Gasteiger partial charge < -0.3 is 10.4 Å². The lowest BCUT2D eigenvalue weighted by Crippen LogP contribution is -2.29. The maximum Gasteiger partial charge on any atom is 0.307 e. The molecule has 1 aliphatic rings. The molecule has 108 valence electrons. The van der Waals surface area contributed by atoms with Gasteiger partial charge in [0.1, 0.15) is 0 Å². The Kier molecular flexibility index (Phi) is 4.55. The summed E-state index contributed by atoms with van der Waals surface area (Å²) >= 11 is 11.7. The van der Waals surface area contributed by atoms with Gasteiger partial charge >= 0.3 is 5.97 Å². The van der Waals surface area contributed by atoms with Gasteiger partial charge in [-0.3, -0.25) is 9.59 Å². The van der Waals surface area contributed by atoms with Gasteiger partial charge in [-0.15, -0.1) is 0 Å². The summed E-state index contributed by atoms with van der Waals surface area (Å²) in [4.78, 5) is 23.4. The molecule has 0 radical (unpaired) electrons. The van der Waals surface area contributed by atoms with Crippen LogP contribution in [-0.4, -0.2) is 17.0 Å². The van der Waals surface area contributed by atoms with E-state index in [0.29, 0.717) is 28.6 Å². The number of halogens is 2. The molecule has 0 bridgehead atoms. The number of hydrogen-bond acceptors (Lipinski definition) is 2. The SMILES string of the molecule is CC1CC(C(=O)O)C(C(=O)Nc2ccc(Cl)c(Cl)c2)C1. The molecule has 4 nitrogen and oxygen atoms in total. The number of amides is 1. The van der Waals surface area contributed by atoms with E-state index in [1.165, 1.54) is 0 Å². The van der Waals surface area contributed by atoms with Crippen LogP contribution in [0.3, 0.4) is 0 Å². The van der Waals surface area contributed by atoms with Crippen molar-refractivity contribution in [3.8, 4) is 0 Å². The van der Waals surface area contributed by atoms with Crippen LogP contribution in [0.2, 0.25) is 10.0 Å². The van der Waals surface area contributed by atoms with E-state index in [0.717, 1.165) is 0 Å². The molecule has 3 atom stereocenters. The summed E-state index contributed by atoms with van der Waals surface area (Å²) in [5, 5.41) is 12.6. The lowest BCUT2D eigenvalue weighted by Gasteiger charge is -2.15. The van der Waals surface area contributed by atoms with Gasteiger partial charge in [0.15, 0.2) is 0 Å². The van der Waals surface area contributed by atoms with Crippen molar-refractivity contribution in [3.63, 3.8) is 0 Å². The van der Waals surface area contributed by atoms with Crippen LogP contribution in [0.5, 0.6) is 0 Å². The zero-order valence-electron chi connectivity index (χ0n) is 10.9. The van der Waals surface area contributed by atoms with Crippen molar-refractivity contribution in [2.24, 2.45) is 17.8 Å². The topological polar surface area (TPSA) is 66.4 Å². The summed E-state index contributed by atoms with van der Waals surface area (Å²) in [7, 11) is 0. The molecule has 1 saturated carbocycles. The Bertz CT molecular complexity index is 547. The van der Waals surface area contributed by atoms with Gasteiger partial charge in [0.2, 0.25) is 5.91 Å². The average Bonchev–Trinajstić information content (AvgIpc) is 2.76. The molecule has 1 aromatic rings. The van der Waals surface area contributed by atoms with Gasteiger partial charge in [0.25, 0.3) is 0 Å². The van der Waals surface area contributed by atoms with E-state index in [1.807, 2.05) is 6.92 Å². The van der Waals surface area contributed by atoms with Gasteiger partial charge in [0.05, 0.1) is 21.9 Å². The lowest BCUT2D eigenvalue weighted by atomic mass is 9.95. The second-order valence-electron chi connectivity index (χ2n) is 5.25.